The summed E-state index contributed by atoms with van der Waals surface area (Å²) in [6.45, 7) is 2.03. The summed E-state index contributed by atoms with van der Waals surface area (Å²) >= 11 is 0. The molecule has 5 aromatic rings. The number of rotatable bonds is 6. The third-order valence-electron chi connectivity index (χ3n) is 5.50. The molecule has 0 fully saturated rings. The van der Waals surface area contributed by atoms with Gasteiger partial charge in [-0.1, -0.05) is 24.3 Å². The number of methoxy groups -OCH3 is 1. The van der Waals surface area contributed by atoms with Crippen molar-refractivity contribution in [1.82, 2.24) is 39.6 Å². The van der Waals surface area contributed by atoms with Crippen molar-refractivity contribution in [1.29, 1.82) is 0 Å². The average Bonchev–Trinajstić information content (AvgIpc) is 3.47. The van der Waals surface area contributed by atoms with Gasteiger partial charge in [0.2, 0.25) is 5.88 Å². The van der Waals surface area contributed by atoms with E-state index in [9.17, 15) is 4.39 Å². The van der Waals surface area contributed by atoms with E-state index in [1.165, 1.54) is 23.4 Å². The Balaban J connectivity index is 1.67. The van der Waals surface area contributed by atoms with Gasteiger partial charge in [-0.15, -0.1) is 5.10 Å². The predicted octanol–water partition coefficient (Wildman–Crippen LogP) is 3.04. The first-order valence-electron chi connectivity index (χ1n) is 10.3. The minimum absolute atomic E-state index is 0.198. The molecule has 4 aromatic heterocycles. The van der Waals surface area contributed by atoms with Gasteiger partial charge in [0.15, 0.2) is 5.82 Å². The summed E-state index contributed by atoms with van der Waals surface area (Å²) in [5.74, 6) is 0.138. The molecule has 0 amide bonds. The van der Waals surface area contributed by atoms with Crippen molar-refractivity contribution in [3.63, 3.8) is 0 Å². The summed E-state index contributed by atoms with van der Waals surface area (Å²) in [5.41, 5.74) is 10.1. The van der Waals surface area contributed by atoms with Crippen molar-refractivity contribution in [3.05, 3.63) is 72.6 Å². The normalized spacial score (nSPS) is 12.2. The zero-order valence-electron chi connectivity index (χ0n) is 17.9. The second-order valence-electron chi connectivity index (χ2n) is 7.33. The highest BCUT2D eigenvalue weighted by molar-refractivity contribution is 5.90. The highest BCUT2D eigenvalue weighted by Crippen LogP contribution is 2.38. The molecular weight excluding hydrogens is 425 g/mol. The monoisotopic (exact) mass is 445 g/mol. The van der Waals surface area contributed by atoms with E-state index in [-0.39, 0.29) is 11.7 Å². The number of hydrogen-bond acceptors (Lipinski definition) is 8. The number of nitrogens with zero attached hydrogens (tertiary/aromatic N) is 8. The largest absolute Gasteiger partial charge is 0.480 e. The number of hydrogen-bond donors (Lipinski definition) is 1. The molecule has 2 N–H and O–H groups in total. The maximum absolute atomic E-state index is 14.3. The van der Waals surface area contributed by atoms with Gasteiger partial charge >= 0.3 is 0 Å². The molecule has 0 aliphatic rings. The number of benzene rings is 1. The summed E-state index contributed by atoms with van der Waals surface area (Å²) in [4.78, 5) is 12.5. The summed E-state index contributed by atoms with van der Waals surface area (Å²) < 4.78 is 22.9. The van der Waals surface area contributed by atoms with Crippen LogP contribution < -0.4 is 10.5 Å². The van der Waals surface area contributed by atoms with Gasteiger partial charge in [-0.3, -0.25) is 0 Å². The minimum Gasteiger partial charge on any atom is -0.480 e. The van der Waals surface area contributed by atoms with E-state index in [0.717, 1.165) is 11.3 Å². The van der Waals surface area contributed by atoms with Gasteiger partial charge in [0.1, 0.15) is 29.7 Å². The van der Waals surface area contributed by atoms with Gasteiger partial charge in [-0.2, -0.15) is 5.10 Å². The summed E-state index contributed by atoms with van der Waals surface area (Å²) in [7, 11) is 1.54. The Bertz CT molecular complexity index is 1450. The molecule has 33 heavy (non-hydrogen) atoms. The quantitative estimate of drug-likeness (QED) is 0.423. The Morgan fingerprint density at radius 2 is 2.00 bits per heavy atom. The van der Waals surface area contributed by atoms with E-state index in [1.807, 2.05) is 13.0 Å². The lowest BCUT2D eigenvalue weighted by atomic mass is 9.98. The zero-order valence-corrected chi connectivity index (χ0v) is 17.9. The maximum Gasteiger partial charge on any atom is 0.224 e. The summed E-state index contributed by atoms with van der Waals surface area (Å²) in [5, 5.41) is 12.9. The molecule has 11 heteroatoms. The molecule has 0 spiro atoms. The fourth-order valence-corrected chi connectivity index (χ4v) is 3.97. The molecule has 0 saturated carbocycles. The molecular formula is C22H20FN9O. The smallest absolute Gasteiger partial charge is 0.224 e. The molecule has 0 bridgehead atoms. The number of aromatic nitrogens is 8. The van der Waals surface area contributed by atoms with Crippen LogP contribution in [0.1, 0.15) is 30.7 Å². The van der Waals surface area contributed by atoms with Crippen molar-refractivity contribution >= 4 is 11.3 Å². The number of nitrogen functional groups attached to an aromatic ring is 1. The van der Waals surface area contributed by atoms with Crippen LogP contribution in [0, 0.1) is 5.82 Å². The molecule has 1 atom stereocenters. The standard InChI is InChI=1S/C22H20FN9O/c1-3-13(17-10-31(30-29-17)18-7-5-4-6-16(18)23)19-8-14(15-9-25-11-27-22(15)33-2)20-21(24)26-12-28-32(19)20/h4-13H,3H2,1-2H3,(H2,24,26,28). The van der Waals surface area contributed by atoms with Gasteiger partial charge in [-0.25, -0.2) is 28.5 Å². The van der Waals surface area contributed by atoms with Crippen LogP contribution in [0.2, 0.25) is 0 Å². The van der Waals surface area contributed by atoms with Crippen molar-refractivity contribution in [2.75, 3.05) is 12.8 Å². The number of nitrogens with two attached hydrogens (primary N) is 1. The number of halogens is 1. The SMILES string of the molecule is CCC(c1cn(-c2ccccc2F)nn1)c1cc(-c2cncnc2OC)c2c(N)ncnn12. The van der Waals surface area contributed by atoms with Crippen molar-refractivity contribution < 1.29 is 9.13 Å². The topological polar surface area (TPSA) is 122 Å². The van der Waals surface area contributed by atoms with Gasteiger partial charge in [0.05, 0.1) is 30.3 Å². The summed E-state index contributed by atoms with van der Waals surface area (Å²) in [6.07, 6.45) is 6.89. The van der Waals surface area contributed by atoms with Crippen LogP contribution in [-0.4, -0.2) is 46.7 Å². The van der Waals surface area contributed by atoms with Gasteiger partial charge in [0, 0.05) is 17.7 Å². The first-order valence-corrected chi connectivity index (χ1v) is 10.3. The molecule has 0 saturated heterocycles. The van der Waals surface area contributed by atoms with E-state index < -0.39 is 0 Å². The second-order valence-corrected chi connectivity index (χ2v) is 7.33. The van der Waals surface area contributed by atoms with Crippen LogP contribution in [0.25, 0.3) is 22.3 Å². The number of fused-ring (bicyclic) bond motifs is 1. The molecule has 1 unspecified atom stereocenters. The van der Waals surface area contributed by atoms with Gasteiger partial charge in [-0.05, 0) is 24.6 Å². The van der Waals surface area contributed by atoms with Gasteiger partial charge < -0.3 is 10.5 Å². The Hall–Kier alpha value is -4.41. The lowest BCUT2D eigenvalue weighted by molar-refractivity contribution is 0.398. The molecule has 4 heterocycles. The highest BCUT2D eigenvalue weighted by atomic mass is 19.1. The molecule has 5 rings (SSSR count). The van der Waals surface area contributed by atoms with E-state index in [4.69, 9.17) is 10.5 Å². The second kappa shape index (κ2) is 8.26. The van der Waals surface area contributed by atoms with Crippen molar-refractivity contribution in [2.24, 2.45) is 0 Å². The average molecular weight is 445 g/mol. The number of anilines is 1. The Kier molecular flexibility index (Phi) is 5.13. The first-order chi connectivity index (χ1) is 16.1. The van der Waals surface area contributed by atoms with E-state index in [0.29, 0.717) is 40.6 Å². The molecule has 0 aliphatic carbocycles. The maximum atomic E-state index is 14.3. The van der Waals surface area contributed by atoms with Crippen LogP contribution in [0.5, 0.6) is 5.88 Å². The fourth-order valence-electron chi connectivity index (χ4n) is 3.97. The number of ether oxygens (including phenoxy) is 1. The zero-order chi connectivity index (χ0) is 22.9. The Morgan fingerprint density at radius 3 is 2.79 bits per heavy atom. The first kappa shape index (κ1) is 20.5. The van der Waals surface area contributed by atoms with Crippen LogP contribution in [0.4, 0.5) is 10.2 Å². The van der Waals surface area contributed by atoms with Crippen LogP contribution in [-0.2, 0) is 0 Å². The molecule has 166 valence electrons. The lowest BCUT2D eigenvalue weighted by Crippen LogP contribution is -2.08. The van der Waals surface area contributed by atoms with E-state index in [2.05, 4.69) is 30.4 Å². The minimum atomic E-state index is -0.380. The third kappa shape index (κ3) is 3.43. The number of para-hydroxylation sites is 1. The molecule has 1 aromatic carbocycles. The van der Waals surface area contributed by atoms with Crippen molar-refractivity contribution in [3.8, 4) is 22.7 Å². The predicted molar refractivity (Wildman–Crippen MR) is 118 cm³/mol. The summed E-state index contributed by atoms with van der Waals surface area (Å²) in [6, 6.07) is 8.37. The van der Waals surface area contributed by atoms with Crippen molar-refractivity contribution in [2.45, 2.75) is 19.3 Å². The Labute approximate surface area is 187 Å². The highest BCUT2D eigenvalue weighted by Gasteiger charge is 2.26. The molecule has 0 aliphatic heterocycles. The Morgan fingerprint density at radius 1 is 1.15 bits per heavy atom. The van der Waals surface area contributed by atoms with Crippen LogP contribution in [0.15, 0.2) is 55.4 Å². The lowest BCUT2D eigenvalue weighted by Gasteiger charge is -2.11. The van der Waals surface area contributed by atoms with Gasteiger partial charge in [0.25, 0.3) is 0 Å². The van der Waals surface area contributed by atoms with E-state index >= 15 is 0 Å². The molecule has 10 nitrogen and oxygen atoms in total. The van der Waals surface area contributed by atoms with E-state index in [1.54, 1.807) is 42.2 Å². The van der Waals surface area contributed by atoms with Crippen LogP contribution in [0.3, 0.4) is 0 Å². The van der Waals surface area contributed by atoms with Crippen LogP contribution >= 0.6 is 0 Å². The molecule has 0 radical (unpaired) electrons. The third-order valence-corrected chi connectivity index (χ3v) is 5.50. The fraction of sp³-hybridized carbons (Fsp3) is 0.182.